The van der Waals surface area contributed by atoms with E-state index in [1.807, 2.05) is 30.3 Å². The molecule has 1 N–H and O–H groups in total. The van der Waals surface area contributed by atoms with E-state index in [-0.39, 0.29) is 17.6 Å². The Kier molecular flexibility index (Phi) is 6.74. The highest BCUT2D eigenvalue weighted by molar-refractivity contribution is 8.00. The van der Waals surface area contributed by atoms with E-state index in [0.29, 0.717) is 17.2 Å². The number of carbonyl (C=O) groups is 2. The molecule has 0 spiro atoms. The summed E-state index contributed by atoms with van der Waals surface area (Å²) in [7, 11) is 0. The fourth-order valence-corrected chi connectivity index (χ4v) is 6.64. The van der Waals surface area contributed by atoms with Gasteiger partial charge in [-0.25, -0.2) is 4.79 Å². The summed E-state index contributed by atoms with van der Waals surface area (Å²) in [5.41, 5.74) is 3.98. The van der Waals surface area contributed by atoms with Crippen LogP contribution in [0, 0.1) is 0 Å². The number of ether oxygens (including phenoxy) is 1. The van der Waals surface area contributed by atoms with Crippen LogP contribution in [0.25, 0.3) is 10.9 Å². The Morgan fingerprint density at radius 3 is 2.71 bits per heavy atom. The molecule has 0 radical (unpaired) electrons. The first-order chi connectivity index (χ1) is 16.6. The number of esters is 1. The maximum Gasteiger partial charge on any atom is 0.341 e. The molecular weight excluding hydrogens is 464 g/mol. The van der Waals surface area contributed by atoms with Gasteiger partial charge >= 0.3 is 5.97 Å². The lowest BCUT2D eigenvalue weighted by atomic mass is 10.1. The number of para-hydroxylation sites is 1. The zero-order valence-electron chi connectivity index (χ0n) is 19.0. The molecule has 0 saturated carbocycles. The number of thiophene rings is 1. The number of benzene rings is 2. The molecule has 5 rings (SSSR count). The predicted octanol–water partition coefficient (Wildman–Crippen LogP) is 6.15. The highest BCUT2D eigenvalue weighted by Crippen LogP contribution is 2.40. The molecule has 0 saturated heterocycles. The summed E-state index contributed by atoms with van der Waals surface area (Å²) < 4.78 is 7.50. The van der Waals surface area contributed by atoms with Crippen LogP contribution in [0.1, 0.15) is 39.7 Å². The first-order valence-corrected chi connectivity index (χ1v) is 13.3. The maximum atomic E-state index is 12.9. The van der Waals surface area contributed by atoms with Crippen LogP contribution in [0.2, 0.25) is 0 Å². The summed E-state index contributed by atoms with van der Waals surface area (Å²) in [6.45, 7) is 2.89. The third-order valence-electron chi connectivity index (χ3n) is 5.96. The third kappa shape index (κ3) is 4.63. The summed E-state index contributed by atoms with van der Waals surface area (Å²) in [6.07, 6.45) is 4.99. The molecule has 1 aliphatic rings. The molecule has 174 valence electrons. The number of aryl methyl sites for hydroxylation is 1. The second kappa shape index (κ2) is 10.1. The van der Waals surface area contributed by atoms with Crippen molar-refractivity contribution >= 4 is 50.9 Å². The topological polar surface area (TPSA) is 60.3 Å². The molecule has 1 amide bonds. The van der Waals surface area contributed by atoms with Gasteiger partial charge < -0.3 is 14.6 Å². The van der Waals surface area contributed by atoms with Crippen molar-refractivity contribution in [2.24, 2.45) is 0 Å². The smallest absolute Gasteiger partial charge is 0.341 e. The Hall–Kier alpha value is -3.03. The molecule has 7 heteroatoms. The fourth-order valence-electron chi connectivity index (χ4n) is 4.46. The number of hydrogen-bond acceptors (Lipinski definition) is 5. The Bertz CT molecular complexity index is 1340. The van der Waals surface area contributed by atoms with E-state index in [9.17, 15) is 9.59 Å². The van der Waals surface area contributed by atoms with Gasteiger partial charge in [-0.2, -0.15) is 0 Å². The molecule has 2 aromatic heterocycles. The second-order valence-corrected chi connectivity index (χ2v) is 10.4. The molecular formula is C27H26N2O3S2. The third-order valence-corrected chi connectivity index (χ3v) is 8.21. The molecule has 5 nitrogen and oxygen atoms in total. The first kappa shape index (κ1) is 22.7. The quantitative estimate of drug-likeness (QED) is 0.238. The average Bonchev–Trinajstić information content (AvgIpc) is 3.52. The molecule has 2 aromatic carbocycles. The van der Waals surface area contributed by atoms with Crippen LogP contribution in [0.3, 0.4) is 0 Å². The van der Waals surface area contributed by atoms with Gasteiger partial charge in [0.1, 0.15) is 5.00 Å². The highest BCUT2D eigenvalue weighted by Gasteiger charge is 2.28. The largest absolute Gasteiger partial charge is 0.462 e. The number of nitrogens with zero attached hydrogens (tertiary/aromatic N) is 1. The van der Waals surface area contributed by atoms with Gasteiger partial charge in [-0.3, -0.25) is 4.79 Å². The van der Waals surface area contributed by atoms with Gasteiger partial charge in [0, 0.05) is 33.4 Å². The van der Waals surface area contributed by atoms with Crippen molar-refractivity contribution in [3.63, 3.8) is 0 Å². The molecule has 0 fully saturated rings. The number of amides is 1. The number of fused-ring (bicyclic) bond motifs is 2. The van der Waals surface area contributed by atoms with Crippen molar-refractivity contribution in [2.75, 3.05) is 17.7 Å². The average molecular weight is 491 g/mol. The lowest BCUT2D eigenvalue weighted by molar-refractivity contribution is -0.113. The molecule has 0 aliphatic heterocycles. The van der Waals surface area contributed by atoms with Gasteiger partial charge in [-0.1, -0.05) is 48.5 Å². The maximum absolute atomic E-state index is 12.9. The number of carbonyl (C=O) groups excluding carboxylic acids is 2. The summed E-state index contributed by atoms with van der Waals surface area (Å²) >= 11 is 3.03. The lowest BCUT2D eigenvalue weighted by Gasteiger charge is -2.08. The normalized spacial score (nSPS) is 12.6. The van der Waals surface area contributed by atoms with E-state index in [2.05, 4.69) is 40.3 Å². The molecule has 34 heavy (non-hydrogen) atoms. The van der Waals surface area contributed by atoms with Crippen LogP contribution in [-0.4, -0.2) is 28.8 Å². The van der Waals surface area contributed by atoms with Crippen molar-refractivity contribution in [3.8, 4) is 0 Å². The molecule has 0 bridgehead atoms. The zero-order valence-corrected chi connectivity index (χ0v) is 20.6. The van der Waals surface area contributed by atoms with Crippen molar-refractivity contribution in [1.82, 2.24) is 4.57 Å². The van der Waals surface area contributed by atoms with Crippen LogP contribution >= 0.6 is 23.1 Å². The van der Waals surface area contributed by atoms with Crippen LogP contribution in [-0.2, 0) is 28.9 Å². The summed E-state index contributed by atoms with van der Waals surface area (Å²) in [4.78, 5) is 27.7. The van der Waals surface area contributed by atoms with E-state index < -0.39 is 0 Å². The van der Waals surface area contributed by atoms with E-state index in [4.69, 9.17) is 4.74 Å². The van der Waals surface area contributed by atoms with Gasteiger partial charge in [0.2, 0.25) is 5.91 Å². The van der Waals surface area contributed by atoms with Gasteiger partial charge in [-0.05, 0) is 43.4 Å². The van der Waals surface area contributed by atoms with Crippen molar-refractivity contribution < 1.29 is 14.3 Å². The van der Waals surface area contributed by atoms with Crippen LogP contribution in [0.4, 0.5) is 5.00 Å². The Morgan fingerprint density at radius 2 is 1.88 bits per heavy atom. The monoisotopic (exact) mass is 490 g/mol. The molecule has 2 heterocycles. The first-order valence-electron chi connectivity index (χ1n) is 11.5. The van der Waals surface area contributed by atoms with E-state index in [1.165, 1.54) is 33.5 Å². The predicted molar refractivity (Wildman–Crippen MR) is 139 cm³/mol. The van der Waals surface area contributed by atoms with Crippen LogP contribution in [0.5, 0.6) is 0 Å². The summed E-state index contributed by atoms with van der Waals surface area (Å²) in [5.74, 6) is -0.186. The number of nitrogens with one attached hydrogen (secondary N) is 1. The number of hydrogen-bond donors (Lipinski definition) is 1. The van der Waals surface area contributed by atoms with Gasteiger partial charge in [0.25, 0.3) is 0 Å². The van der Waals surface area contributed by atoms with Crippen LogP contribution in [0.15, 0.2) is 65.7 Å². The summed E-state index contributed by atoms with van der Waals surface area (Å²) in [6, 6.07) is 18.6. The number of aromatic nitrogens is 1. The van der Waals surface area contributed by atoms with Crippen LogP contribution < -0.4 is 5.32 Å². The Balaban J connectivity index is 1.32. The van der Waals surface area contributed by atoms with E-state index in [0.717, 1.165) is 47.2 Å². The number of rotatable bonds is 8. The fraction of sp³-hybridized carbons (Fsp3) is 0.259. The highest BCUT2D eigenvalue weighted by atomic mass is 32.2. The van der Waals surface area contributed by atoms with Crippen molar-refractivity contribution in [3.05, 3.63) is 82.4 Å². The van der Waals surface area contributed by atoms with Crippen molar-refractivity contribution in [1.29, 1.82) is 0 Å². The molecule has 0 unspecified atom stereocenters. The van der Waals surface area contributed by atoms with E-state index in [1.54, 1.807) is 6.92 Å². The SMILES string of the molecule is CCOC(=O)c1c(NC(=O)CSc2cn(Cc3ccccc3)c3ccccc23)sc2c1CCC2. The Morgan fingerprint density at radius 1 is 1.09 bits per heavy atom. The van der Waals surface area contributed by atoms with E-state index >= 15 is 0 Å². The lowest BCUT2D eigenvalue weighted by Crippen LogP contribution is -2.16. The Labute approximate surface area is 207 Å². The van der Waals surface area contributed by atoms with Gasteiger partial charge in [-0.15, -0.1) is 23.1 Å². The minimum absolute atomic E-state index is 0.115. The number of thioether (sulfide) groups is 1. The standard InChI is InChI=1S/C27H26N2O3S2/c1-2-32-27(31)25-20-12-8-14-22(20)34-26(25)28-24(30)17-33-23-16-29(15-18-9-4-3-5-10-18)21-13-7-6-11-19(21)23/h3-7,9-11,13,16H,2,8,12,14-15,17H2,1H3,(H,28,30). The summed E-state index contributed by atoms with van der Waals surface area (Å²) in [5, 5.41) is 4.76. The molecule has 4 aromatic rings. The minimum atomic E-state index is -0.339. The second-order valence-electron chi connectivity index (χ2n) is 8.24. The molecule has 1 aliphatic carbocycles. The van der Waals surface area contributed by atoms with Crippen molar-refractivity contribution in [2.45, 2.75) is 37.6 Å². The van der Waals surface area contributed by atoms with Gasteiger partial charge in [0.15, 0.2) is 0 Å². The minimum Gasteiger partial charge on any atom is -0.462 e. The molecule has 0 atom stereocenters. The number of anilines is 1. The zero-order chi connectivity index (χ0) is 23.5. The van der Waals surface area contributed by atoms with Gasteiger partial charge in [0.05, 0.1) is 17.9 Å².